The third-order valence-corrected chi connectivity index (χ3v) is 6.67. The van der Waals surface area contributed by atoms with Gasteiger partial charge in [-0.05, 0) is 38.1 Å². The van der Waals surface area contributed by atoms with Gasteiger partial charge >= 0.3 is 6.03 Å². The zero-order chi connectivity index (χ0) is 23.2. The van der Waals surface area contributed by atoms with E-state index in [1.54, 1.807) is 47.9 Å². The Morgan fingerprint density at radius 1 is 1.06 bits per heavy atom. The number of aromatic nitrogens is 2. The van der Waals surface area contributed by atoms with Crippen LogP contribution < -0.4 is 5.32 Å². The minimum absolute atomic E-state index is 0.0630. The summed E-state index contributed by atoms with van der Waals surface area (Å²) in [5.41, 5.74) is 0.776. The normalized spacial score (nSPS) is 21.8. The predicted octanol–water partition coefficient (Wildman–Crippen LogP) is 3.38. The van der Waals surface area contributed by atoms with Crippen LogP contribution in [0.4, 0.5) is 14.9 Å². The zero-order valence-electron chi connectivity index (χ0n) is 18.4. The van der Waals surface area contributed by atoms with Gasteiger partial charge in [-0.1, -0.05) is 29.4 Å². The van der Waals surface area contributed by atoms with Crippen molar-refractivity contribution in [3.63, 3.8) is 0 Å². The number of aryl methyl sites for hydroxylation is 1. The molecular weight excluding hydrogens is 425 g/mol. The molecule has 1 N–H and O–H groups in total. The highest BCUT2D eigenvalue weighted by Crippen LogP contribution is 2.45. The van der Waals surface area contributed by atoms with Gasteiger partial charge in [-0.25, -0.2) is 9.18 Å². The smallest absolute Gasteiger partial charge is 0.321 e. The van der Waals surface area contributed by atoms with Crippen LogP contribution in [0.1, 0.15) is 27.6 Å². The number of anilines is 1. The summed E-state index contributed by atoms with van der Waals surface area (Å²) in [6, 6.07) is 13.4. The summed E-state index contributed by atoms with van der Waals surface area (Å²) in [5.74, 6) is 0.435. The number of amides is 3. The largest absolute Gasteiger partial charge is 0.339 e. The van der Waals surface area contributed by atoms with Gasteiger partial charge in [-0.3, -0.25) is 4.79 Å². The van der Waals surface area contributed by atoms with Crippen molar-refractivity contribution < 1.29 is 18.5 Å². The molecule has 0 bridgehead atoms. The van der Waals surface area contributed by atoms with Gasteiger partial charge in [-0.2, -0.15) is 4.98 Å². The quantitative estimate of drug-likeness (QED) is 0.662. The number of hydrogen-bond donors (Lipinski definition) is 1. The Bertz CT molecular complexity index is 1210. The highest BCUT2D eigenvalue weighted by atomic mass is 19.1. The Balaban J connectivity index is 1.40. The topological polar surface area (TPSA) is 91.6 Å². The van der Waals surface area contributed by atoms with Gasteiger partial charge in [0.15, 0.2) is 5.82 Å². The van der Waals surface area contributed by atoms with E-state index in [0.717, 1.165) is 0 Å². The van der Waals surface area contributed by atoms with Crippen molar-refractivity contribution in [3.8, 4) is 0 Å². The maximum atomic E-state index is 13.9. The lowest BCUT2D eigenvalue weighted by molar-refractivity contribution is 0.0770. The Morgan fingerprint density at radius 3 is 2.52 bits per heavy atom. The van der Waals surface area contributed by atoms with Crippen molar-refractivity contribution in [1.29, 1.82) is 0 Å². The van der Waals surface area contributed by atoms with Crippen molar-refractivity contribution in [2.45, 2.75) is 19.3 Å². The minimum Gasteiger partial charge on any atom is -0.339 e. The second-order valence-electron chi connectivity index (χ2n) is 8.77. The first kappa shape index (κ1) is 21.1. The third kappa shape index (κ3) is 3.63. The molecule has 9 heteroatoms. The summed E-state index contributed by atoms with van der Waals surface area (Å²) in [6.45, 7) is 4.94. The molecule has 2 aromatic carbocycles. The van der Waals surface area contributed by atoms with E-state index < -0.39 is 5.41 Å². The Labute approximate surface area is 190 Å². The summed E-state index contributed by atoms with van der Waals surface area (Å²) in [6.07, 6.45) is 0. The summed E-state index contributed by atoms with van der Waals surface area (Å²) in [5, 5.41) is 6.77. The van der Waals surface area contributed by atoms with Crippen LogP contribution in [-0.4, -0.2) is 58.1 Å². The summed E-state index contributed by atoms with van der Waals surface area (Å²) in [7, 11) is 0. The number of nitrogens with zero attached hydrogens (tertiary/aromatic N) is 4. The van der Waals surface area contributed by atoms with Crippen LogP contribution in [0.5, 0.6) is 0 Å². The number of halogens is 1. The molecule has 2 aliphatic heterocycles. The number of hydrogen-bond acceptors (Lipinski definition) is 5. The van der Waals surface area contributed by atoms with Gasteiger partial charge in [0.25, 0.3) is 5.91 Å². The van der Waals surface area contributed by atoms with Crippen molar-refractivity contribution in [2.24, 2.45) is 5.92 Å². The van der Waals surface area contributed by atoms with E-state index >= 15 is 0 Å². The molecule has 33 heavy (non-hydrogen) atoms. The molecule has 5 rings (SSSR count). The molecule has 0 spiro atoms. The average molecular weight is 449 g/mol. The van der Waals surface area contributed by atoms with E-state index in [1.165, 1.54) is 6.07 Å². The molecule has 0 unspecified atom stereocenters. The monoisotopic (exact) mass is 449 g/mol. The summed E-state index contributed by atoms with van der Waals surface area (Å²) in [4.78, 5) is 34.1. The molecule has 0 radical (unpaired) electrons. The van der Waals surface area contributed by atoms with Crippen LogP contribution in [0.15, 0.2) is 53.1 Å². The van der Waals surface area contributed by atoms with E-state index in [-0.39, 0.29) is 23.7 Å². The molecule has 3 amide bonds. The molecule has 3 heterocycles. The summed E-state index contributed by atoms with van der Waals surface area (Å²) >= 11 is 0. The average Bonchev–Trinajstić information content (AvgIpc) is 3.50. The number of benzene rings is 2. The molecule has 0 aliphatic carbocycles. The lowest BCUT2D eigenvalue weighted by Crippen LogP contribution is -2.42. The third-order valence-electron chi connectivity index (χ3n) is 6.67. The van der Waals surface area contributed by atoms with Crippen LogP contribution in [0.2, 0.25) is 0 Å². The van der Waals surface area contributed by atoms with Crippen LogP contribution in [0.25, 0.3) is 0 Å². The molecule has 2 saturated heterocycles. The molecular formula is C24H24FN5O3. The SMILES string of the molecule is Cc1noc([C@]23CN(C(=O)Nc4cccc(F)c4C)C[C@H]2CN(C(=O)c2ccccc2)C3)n1. The number of urea groups is 1. The molecule has 2 atom stereocenters. The van der Waals surface area contributed by atoms with Crippen LogP contribution >= 0.6 is 0 Å². The number of carbonyl (C=O) groups is 2. The second-order valence-corrected chi connectivity index (χ2v) is 8.77. The minimum atomic E-state index is -0.653. The van der Waals surface area contributed by atoms with Gasteiger partial charge in [-0.15, -0.1) is 0 Å². The van der Waals surface area contributed by atoms with E-state index in [1.807, 2.05) is 18.2 Å². The molecule has 2 aliphatic rings. The second kappa shape index (κ2) is 7.99. The van der Waals surface area contributed by atoms with Crippen molar-refractivity contribution in [3.05, 3.63) is 77.2 Å². The van der Waals surface area contributed by atoms with Crippen molar-refractivity contribution >= 4 is 17.6 Å². The molecule has 8 nitrogen and oxygen atoms in total. The van der Waals surface area contributed by atoms with Crippen molar-refractivity contribution in [1.82, 2.24) is 19.9 Å². The standard InChI is InChI=1S/C24H24FN5O3/c1-15-19(25)9-6-10-20(15)27-23(32)30-12-18-11-29(21(31)17-7-4-3-5-8-17)13-24(18,14-30)22-26-16(2)28-33-22/h3-10,18H,11-14H2,1-2H3,(H,27,32)/t18-,24-/m1/s1. The van der Waals surface area contributed by atoms with Gasteiger partial charge in [0.05, 0.1) is 5.41 Å². The zero-order valence-corrected chi connectivity index (χ0v) is 18.4. The maximum absolute atomic E-state index is 13.9. The molecule has 2 fully saturated rings. The molecule has 1 aromatic heterocycles. The number of rotatable bonds is 3. The number of fused-ring (bicyclic) bond motifs is 1. The van der Waals surface area contributed by atoms with E-state index in [4.69, 9.17) is 4.52 Å². The Hall–Kier alpha value is -3.75. The van der Waals surface area contributed by atoms with Gasteiger partial charge in [0.1, 0.15) is 5.82 Å². The van der Waals surface area contributed by atoms with Gasteiger partial charge in [0.2, 0.25) is 5.89 Å². The first-order valence-corrected chi connectivity index (χ1v) is 10.8. The lowest BCUT2D eigenvalue weighted by Gasteiger charge is -2.26. The molecule has 3 aromatic rings. The maximum Gasteiger partial charge on any atom is 0.321 e. The number of likely N-dealkylation sites (tertiary alicyclic amines) is 2. The fourth-order valence-electron chi connectivity index (χ4n) is 4.88. The first-order chi connectivity index (χ1) is 15.9. The summed E-state index contributed by atoms with van der Waals surface area (Å²) < 4.78 is 19.5. The highest BCUT2D eigenvalue weighted by Gasteiger charge is 2.58. The number of nitrogens with one attached hydrogen (secondary N) is 1. The first-order valence-electron chi connectivity index (χ1n) is 10.8. The van der Waals surface area contributed by atoms with Crippen molar-refractivity contribution in [2.75, 3.05) is 31.5 Å². The van der Waals surface area contributed by atoms with E-state index in [9.17, 15) is 14.0 Å². The van der Waals surface area contributed by atoms with Crippen LogP contribution in [-0.2, 0) is 5.41 Å². The van der Waals surface area contributed by atoms with Gasteiger partial charge < -0.3 is 19.6 Å². The molecule has 170 valence electrons. The van der Waals surface area contributed by atoms with Gasteiger partial charge in [0, 0.05) is 48.9 Å². The highest BCUT2D eigenvalue weighted by molar-refractivity contribution is 5.95. The van der Waals surface area contributed by atoms with Crippen LogP contribution in [0.3, 0.4) is 0 Å². The fourth-order valence-corrected chi connectivity index (χ4v) is 4.88. The predicted molar refractivity (Wildman–Crippen MR) is 118 cm³/mol. The van der Waals surface area contributed by atoms with E-state index in [2.05, 4.69) is 15.5 Å². The Morgan fingerprint density at radius 2 is 1.79 bits per heavy atom. The fraction of sp³-hybridized carbons (Fsp3) is 0.333. The van der Waals surface area contributed by atoms with Crippen LogP contribution in [0, 0.1) is 25.6 Å². The van der Waals surface area contributed by atoms with E-state index in [0.29, 0.717) is 54.7 Å². The molecule has 0 saturated carbocycles. The number of carbonyl (C=O) groups excluding carboxylic acids is 2. The lowest BCUT2D eigenvalue weighted by atomic mass is 9.81. The Kier molecular flexibility index (Phi) is 5.11.